The van der Waals surface area contributed by atoms with Crippen LogP contribution in [0.2, 0.25) is 0 Å². The zero-order valence-electron chi connectivity index (χ0n) is 12.6. The van der Waals surface area contributed by atoms with E-state index in [2.05, 4.69) is 0 Å². The molecular weight excluding hydrogens is 331 g/mol. The highest BCUT2D eigenvalue weighted by molar-refractivity contribution is 7.88. The molecule has 1 aliphatic carbocycles. The van der Waals surface area contributed by atoms with E-state index in [-0.39, 0.29) is 30.4 Å². The van der Waals surface area contributed by atoms with E-state index < -0.39 is 21.8 Å². The van der Waals surface area contributed by atoms with Crippen LogP contribution in [-0.4, -0.2) is 37.7 Å². The predicted octanol–water partition coefficient (Wildman–Crippen LogP) is 2.90. The highest BCUT2D eigenvalue weighted by atomic mass is 32.2. The van der Waals surface area contributed by atoms with Gasteiger partial charge in [-0.15, -0.1) is 0 Å². The summed E-state index contributed by atoms with van der Waals surface area (Å²) in [6.07, 6.45) is -0.662. The maximum absolute atomic E-state index is 12.7. The van der Waals surface area contributed by atoms with Crippen molar-refractivity contribution in [2.24, 2.45) is 5.92 Å². The number of hydrogen-bond donors (Lipinski definition) is 0. The predicted molar refractivity (Wildman–Crippen MR) is 78.5 cm³/mol. The number of nitrogens with zero attached hydrogens (tertiary/aromatic N) is 1. The Hall–Kier alpha value is -1.28. The third-order valence-electron chi connectivity index (χ3n) is 4.64. The zero-order valence-corrected chi connectivity index (χ0v) is 13.4. The molecule has 128 valence electrons. The highest BCUT2D eigenvalue weighted by Gasteiger charge is 2.50. The first-order valence-corrected chi connectivity index (χ1v) is 9.29. The van der Waals surface area contributed by atoms with Crippen molar-refractivity contribution in [3.63, 3.8) is 0 Å². The molecule has 4 nitrogen and oxygen atoms in total. The van der Waals surface area contributed by atoms with Crippen molar-refractivity contribution in [3.8, 4) is 5.75 Å². The second kappa shape index (κ2) is 5.66. The van der Waals surface area contributed by atoms with Gasteiger partial charge in [-0.1, -0.05) is 6.07 Å². The summed E-state index contributed by atoms with van der Waals surface area (Å²) in [5.74, 6) is 0.330. The molecule has 3 rings (SSSR count). The lowest BCUT2D eigenvalue weighted by molar-refractivity contribution is -0.137. The van der Waals surface area contributed by atoms with Gasteiger partial charge in [0.25, 0.3) is 0 Å². The normalized spacial score (nSPS) is 28.3. The minimum Gasteiger partial charge on any atom is -0.492 e. The molecule has 2 bridgehead atoms. The molecule has 2 fully saturated rings. The fourth-order valence-electron chi connectivity index (χ4n) is 3.72. The fraction of sp³-hybridized carbons (Fsp3) is 0.600. The van der Waals surface area contributed by atoms with Gasteiger partial charge in [-0.25, -0.2) is 8.42 Å². The van der Waals surface area contributed by atoms with Crippen molar-refractivity contribution in [1.29, 1.82) is 0 Å². The highest BCUT2D eigenvalue weighted by Crippen LogP contribution is 2.44. The third kappa shape index (κ3) is 3.33. The molecule has 1 saturated carbocycles. The minimum absolute atomic E-state index is 0.00473. The first kappa shape index (κ1) is 16.6. The molecule has 0 amide bonds. The number of ether oxygens (including phenoxy) is 1. The number of benzene rings is 1. The molecule has 1 aliphatic heterocycles. The number of piperidine rings is 1. The van der Waals surface area contributed by atoms with Gasteiger partial charge in [0.2, 0.25) is 10.0 Å². The Bertz CT molecular complexity index is 689. The van der Waals surface area contributed by atoms with Crippen molar-refractivity contribution >= 4 is 10.0 Å². The number of rotatable bonds is 4. The maximum atomic E-state index is 12.7. The van der Waals surface area contributed by atoms with Crippen LogP contribution in [-0.2, 0) is 16.2 Å². The van der Waals surface area contributed by atoms with Crippen LogP contribution in [0, 0.1) is 5.92 Å². The monoisotopic (exact) mass is 349 g/mol. The van der Waals surface area contributed by atoms with Crippen LogP contribution >= 0.6 is 0 Å². The quantitative estimate of drug-likeness (QED) is 0.840. The molecule has 23 heavy (non-hydrogen) atoms. The van der Waals surface area contributed by atoms with Crippen LogP contribution in [0.15, 0.2) is 24.3 Å². The molecule has 8 heteroatoms. The topological polar surface area (TPSA) is 46.6 Å². The molecule has 0 unspecified atom stereocenters. The molecule has 1 heterocycles. The standard InChI is InChI=1S/C15H18F3NO3S/c1-23(20,21)19-12-6-5-10(7-12)14(19)9-22-13-4-2-3-11(8-13)15(16,17)18/h2-4,8,10,12,14H,5-7,9H2,1H3/t10-,12-,14-/m1/s1. The number of halogens is 3. The van der Waals surface area contributed by atoms with Gasteiger partial charge in [0.15, 0.2) is 0 Å². The SMILES string of the molecule is CS(=O)(=O)N1[C@@H]2CC[C@H](C2)[C@H]1COc1cccc(C(F)(F)F)c1. The Morgan fingerprint density at radius 1 is 1.30 bits per heavy atom. The summed E-state index contributed by atoms with van der Waals surface area (Å²) in [6, 6.07) is 4.37. The molecule has 1 aromatic carbocycles. The van der Waals surface area contributed by atoms with E-state index in [1.165, 1.54) is 22.7 Å². The Labute approximate surface area is 133 Å². The Morgan fingerprint density at radius 3 is 2.70 bits per heavy atom. The van der Waals surface area contributed by atoms with Gasteiger partial charge in [0, 0.05) is 6.04 Å². The first-order valence-electron chi connectivity index (χ1n) is 7.45. The van der Waals surface area contributed by atoms with E-state index in [0.29, 0.717) is 0 Å². The van der Waals surface area contributed by atoms with Crippen molar-refractivity contribution in [1.82, 2.24) is 4.31 Å². The average Bonchev–Trinajstić information content (AvgIpc) is 3.04. The Morgan fingerprint density at radius 2 is 2.04 bits per heavy atom. The summed E-state index contributed by atoms with van der Waals surface area (Å²) in [6.45, 7) is 0.0789. The van der Waals surface area contributed by atoms with Crippen LogP contribution in [0.1, 0.15) is 24.8 Å². The van der Waals surface area contributed by atoms with Crippen LogP contribution in [0.5, 0.6) is 5.75 Å². The molecule has 0 radical (unpaired) electrons. The van der Waals surface area contributed by atoms with Crippen LogP contribution < -0.4 is 4.74 Å². The number of alkyl halides is 3. The first-order chi connectivity index (χ1) is 10.7. The van der Waals surface area contributed by atoms with Crippen LogP contribution in [0.25, 0.3) is 0 Å². The lowest BCUT2D eigenvalue weighted by atomic mass is 10.0. The molecule has 0 spiro atoms. The second-order valence-corrected chi connectivity index (χ2v) is 8.11. The number of fused-ring (bicyclic) bond motifs is 2. The van der Waals surface area contributed by atoms with E-state index in [4.69, 9.17) is 4.74 Å². The van der Waals surface area contributed by atoms with Gasteiger partial charge in [-0.3, -0.25) is 0 Å². The van der Waals surface area contributed by atoms with Gasteiger partial charge in [-0.2, -0.15) is 17.5 Å². The summed E-state index contributed by atoms with van der Waals surface area (Å²) < 4.78 is 69.0. The van der Waals surface area contributed by atoms with Crippen LogP contribution in [0.3, 0.4) is 0 Å². The van der Waals surface area contributed by atoms with E-state index in [9.17, 15) is 21.6 Å². The van der Waals surface area contributed by atoms with Gasteiger partial charge >= 0.3 is 6.18 Å². The number of sulfonamides is 1. The second-order valence-electron chi connectivity index (χ2n) is 6.22. The summed E-state index contributed by atoms with van der Waals surface area (Å²) in [5, 5.41) is 0. The average molecular weight is 349 g/mol. The van der Waals surface area contributed by atoms with Crippen molar-refractivity contribution in [2.45, 2.75) is 37.5 Å². The summed E-state index contributed by atoms with van der Waals surface area (Å²) in [4.78, 5) is 0. The maximum Gasteiger partial charge on any atom is 0.416 e. The van der Waals surface area contributed by atoms with Crippen molar-refractivity contribution < 1.29 is 26.3 Å². The third-order valence-corrected chi connectivity index (χ3v) is 5.98. The summed E-state index contributed by atoms with van der Waals surface area (Å²) in [5.41, 5.74) is -0.775. The van der Waals surface area contributed by atoms with Crippen molar-refractivity contribution in [2.75, 3.05) is 12.9 Å². The number of hydrogen-bond acceptors (Lipinski definition) is 3. The largest absolute Gasteiger partial charge is 0.492 e. The minimum atomic E-state index is -4.43. The Kier molecular flexibility index (Phi) is 4.08. The van der Waals surface area contributed by atoms with Crippen molar-refractivity contribution in [3.05, 3.63) is 29.8 Å². The molecular formula is C15H18F3NO3S. The molecule has 0 aromatic heterocycles. The summed E-state index contributed by atoms with van der Waals surface area (Å²) in [7, 11) is -3.35. The zero-order chi connectivity index (χ0) is 16.8. The fourth-order valence-corrected chi connectivity index (χ4v) is 5.18. The summed E-state index contributed by atoms with van der Waals surface area (Å²) >= 11 is 0. The van der Waals surface area contributed by atoms with Gasteiger partial charge in [-0.05, 0) is 43.4 Å². The van der Waals surface area contributed by atoms with E-state index in [1.54, 1.807) is 0 Å². The molecule has 1 saturated heterocycles. The van der Waals surface area contributed by atoms with Gasteiger partial charge < -0.3 is 4.74 Å². The van der Waals surface area contributed by atoms with E-state index >= 15 is 0 Å². The lowest BCUT2D eigenvalue weighted by Gasteiger charge is -2.33. The smallest absolute Gasteiger partial charge is 0.416 e. The Balaban J connectivity index is 1.73. The van der Waals surface area contributed by atoms with Gasteiger partial charge in [0.1, 0.15) is 12.4 Å². The van der Waals surface area contributed by atoms with Gasteiger partial charge in [0.05, 0.1) is 17.9 Å². The molecule has 0 N–H and O–H groups in total. The van der Waals surface area contributed by atoms with E-state index in [1.807, 2.05) is 0 Å². The molecule has 3 atom stereocenters. The van der Waals surface area contributed by atoms with Crippen LogP contribution in [0.4, 0.5) is 13.2 Å². The molecule has 2 aliphatic rings. The lowest BCUT2D eigenvalue weighted by Crippen LogP contribution is -2.47. The van der Waals surface area contributed by atoms with E-state index in [0.717, 1.165) is 31.4 Å². The molecule has 1 aromatic rings.